The van der Waals surface area contributed by atoms with Crippen LogP contribution in [0.25, 0.3) is 0 Å². The van der Waals surface area contributed by atoms with Crippen LogP contribution in [-0.4, -0.2) is 59.0 Å². The van der Waals surface area contributed by atoms with Crippen molar-refractivity contribution in [1.82, 2.24) is 34.9 Å². The summed E-state index contributed by atoms with van der Waals surface area (Å²) in [7, 11) is 2.81. The Hall–Kier alpha value is -6.93. The molecule has 5 aromatic rings. The van der Waals surface area contributed by atoms with Crippen LogP contribution >= 0.6 is 11.6 Å². The number of hydrogen-bond acceptors (Lipinski definition) is 16. The number of nitrogens with one attached hydrogen (secondary N) is 2. The highest BCUT2D eigenvalue weighted by molar-refractivity contribution is 6.31. The normalized spacial score (nSPS) is 11.2. The van der Waals surface area contributed by atoms with Crippen molar-refractivity contribution in [3.8, 4) is 11.8 Å². The van der Waals surface area contributed by atoms with E-state index in [0.29, 0.717) is 36.6 Å². The van der Waals surface area contributed by atoms with Gasteiger partial charge in [0.05, 0.1) is 71.2 Å². The zero-order chi connectivity index (χ0) is 42.0. The van der Waals surface area contributed by atoms with Gasteiger partial charge in [-0.2, -0.15) is 39.5 Å². The second-order valence-corrected chi connectivity index (χ2v) is 10.3. The number of nitro groups is 2. The zero-order valence-electron chi connectivity index (χ0n) is 27.6. The van der Waals surface area contributed by atoms with Crippen molar-refractivity contribution in [2.75, 3.05) is 30.6 Å². The van der Waals surface area contributed by atoms with E-state index in [1.165, 1.54) is 39.0 Å². The Bertz CT molecular complexity index is 2150. The molecule has 0 aliphatic carbocycles. The van der Waals surface area contributed by atoms with Crippen molar-refractivity contribution < 1.29 is 58.8 Å². The number of halogens is 10. The predicted octanol–water partition coefficient (Wildman–Crippen LogP) is 7.44. The second-order valence-electron chi connectivity index (χ2n) is 9.93. The maximum absolute atomic E-state index is 12.6. The number of ether oxygens (including phenoxy) is 2. The number of alkyl halides is 9. The molecule has 0 saturated heterocycles. The molecule has 0 atom stereocenters. The molecule has 0 spiro atoms. The quantitative estimate of drug-likeness (QED) is 0.0595. The topological polar surface area (TPSA) is 245 Å². The summed E-state index contributed by atoms with van der Waals surface area (Å²) < 4.78 is 121. The lowest BCUT2D eigenvalue weighted by molar-refractivity contribution is -0.385. The van der Waals surface area contributed by atoms with E-state index in [9.17, 15) is 59.7 Å². The van der Waals surface area contributed by atoms with Gasteiger partial charge in [0.2, 0.25) is 22.7 Å². The summed E-state index contributed by atoms with van der Waals surface area (Å²) in [6, 6.07) is 1.54. The molecule has 4 N–H and O–H groups in total. The minimum atomic E-state index is -4.73. The summed E-state index contributed by atoms with van der Waals surface area (Å²) in [6.07, 6.45) is -7.13. The standard InChI is InChI=1S/C11H8F3N5O3.C11H10F3N5O.C6H2ClF3N2O2/c1-22-9-5-15-8(4-16-9)18-10-7(19(20)21)2-6(3-17-10)11(12,13)14;1-20-9-5-16-8(4-17-9)19-10-7(15)2-6(3-18-10)11(12,13)14;7-5-4(12(13)14)1-3(2-11-5)6(8,9)10/h2-5H,1H3,(H,15,17,18);2-5H,15H2,1H3,(H,16,18,19);1-2H. The minimum absolute atomic E-state index is 0.0659. The summed E-state index contributed by atoms with van der Waals surface area (Å²) >= 11 is 5.22. The van der Waals surface area contributed by atoms with E-state index in [2.05, 4.69) is 45.5 Å². The molecule has 0 bridgehead atoms. The third kappa shape index (κ3) is 12.3. The van der Waals surface area contributed by atoms with Crippen LogP contribution in [0.5, 0.6) is 11.8 Å². The van der Waals surface area contributed by atoms with Crippen LogP contribution in [0.1, 0.15) is 16.7 Å². The Kier molecular flexibility index (Phi) is 13.9. The molecule has 0 saturated carbocycles. The highest BCUT2D eigenvalue weighted by Crippen LogP contribution is 2.35. The van der Waals surface area contributed by atoms with E-state index in [-0.39, 0.29) is 34.8 Å². The number of rotatable bonds is 8. The smallest absolute Gasteiger partial charge is 0.418 e. The molecule has 5 aromatic heterocycles. The van der Waals surface area contributed by atoms with Gasteiger partial charge >= 0.3 is 29.9 Å². The third-order valence-corrected chi connectivity index (χ3v) is 6.44. The van der Waals surface area contributed by atoms with Crippen LogP contribution < -0.4 is 25.8 Å². The molecule has 298 valence electrons. The van der Waals surface area contributed by atoms with E-state index in [0.717, 1.165) is 6.07 Å². The summed E-state index contributed by atoms with van der Waals surface area (Å²) in [5.41, 5.74) is 0.364. The van der Waals surface area contributed by atoms with E-state index in [1.807, 2.05) is 0 Å². The van der Waals surface area contributed by atoms with Gasteiger partial charge in [-0.3, -0.25) is 20.2 Å². The number of aromatic nitrogens is 7. The Morgan fingerprint density at radius 3 is 1.36 bits per heavy atom. The molecule has 28 heteroatoms. The molecule has 0 unspecified atom stereocenters. The Balaban J connectivity index is 0.000000231. The van der Waals surface area contributed by atoms with Crippen molar-refractivity contribution >= 4 is 51.9 Å². The first-order valence-electron chi connectivity index (χ1n) is 14.2. The van der Waals surface area contributed by atoms with Crippen molar-refractivity contribution in [2.24, 2.45) is 0 Å². The molecule has 5 heterocycles. The number of anilines is 5. The first kappa shape index (κ1) is 43.5. The van der Waals surface area contributed by atoms with Gasteiger partial charge in [-0.05, 0) is 6.07 Å². The number of pyridine rings is 3. The molecule has 5 rings (SSSR count). The monoisotopic (exact) mass is 826 g/mol. The minimum Gasteiger partial charge on any atom is -0.480 e. The molecule has 0 radical (unpaired) electrons. The second kappa shape index (κ2) is 17.9. The highest BCUT2D eigenvalue weighted by atomic mass is 35.5. The summed E-state index contributed by atoms with van der Waals surface area (Å²) in [4.78, 5) is 44.7. The first-order chi connectivity index (χ1) is 26.0. The average molecular weight is 827 g/mol. The lowest BCUT2D eigenvalue weighted by atomic mass is 10.2. The fourth-order valence-electron chi connectivity index (χ4n) is 3.52. The van der Waals surface area contributed by atoms with Gasteiger partial charge in [0.1, 0.15) is 5.82 Å². The number of hydrogen-bond donors (Lipinski definition) is 3. The van der Waals surface area contributed by atoms with E-state index >= 15 is 0 Å². The number of nitrogen functional groups attached to an aromatic ring is 1. The predicted molar refractivity (Wildman–Crippen MR) is 174 cm³/mol. The number of nitrogens with two attached hydrogens (primary N) is 1. The molecule has 0 fully saturated rings. The molecule has 18 nitrogen and oxygen atoms in total. The van der Waals surface area contributed by atoms with Gasteiger partial charge in [0.25, 0.3) is 0 Å². The Labute approximate surface area is 310 Å². The van der Waals surface area contributed by atoms with E-state index in [1.54, 1.807) is 0 Å². The summed E-state index contributed by atoms with van der Waals surface area (Å²) in [6.45, 7) is 0. The average Bonchev–Trinajstić information content (AvgIpc) is 3.12. The Morgan fingerprint density at radius 2 is 0.982 bits per heavy atom. The fraction of sp³-hybridized carbons (Fsp3) is 0.179. The maximum Gasteiger partial charge on any atom is 0.418 e. The molecule has 56 heavy (non-hydrogen) atoms. The summed E-state index contributed by atoms with van der Waals surface area (Å²) in [5.74, 6) is 0.556. The summed E-state index contributed by atoms with van der Waals surface area (Å²) in [5, 5.41) is 25.6. The third-order valence-electron chi connectivity index (χ3n) is 6.15. The van der Waals surface area contributed by atoms with Gasteiger partial charge < -0.3 is 25.8 Å². The molecule has 0 aliphatic heterocycles. The molecule has 0 amide bonds. The van der Waals surface area contributed by atoms with Crippen LogP contribution in [-0.2, 0) is 18.5 Å². The van der Waals surface area contributed by atoms with Crippen molar-refractivity contribution in [3.05, 3.63) is 104 Å². The van der Waals surface area contributed by atoms with Gasteiger partial charge in [-0.1, -0.05) is 11.6 Å². The highest BCUT2D eigenvalue weighted by Gasteiger charge is 2.35. The van der Waals surface area contributed by atoms with Crippen LogP contribution in [0.2, 0.25) is 5.15 Å². The van der Waals surface area contributed by atoms with Gasteiger partial charge in [-0.15, -0.1) is 0 Å². The molecule has 0 aliphatic rings. The zero-order valence-corrected chi connectivity index (χ0v) is 28.4. The number of nitrogens with zero attached hydrogens (tertiary/aromatic N) is 9. The maximum atomic E-state index is 12.6. The van der Waals surface area contributed by atoms with Gasteiger partial charge in [0, 0.05) is 30.7 Å². The fourth-order valence-corrected chi connectivity index (χ4v) is 3.69. The van der Waals surface area contributed by atoms with Gasteiger partial charge in [-0.25, -0.2) is 34.9 Å². The lowest BCUT2D eigenvalue weighted by Crippen LogP contribution is -2.08. The molecular weight excluding hydrogens is 807 g/mol. The van der Waals surface area contributed by atoms with Gasteiger partial charge in [0.15, 0.2) is 11.6 Å². The molecule has 0 aromatic carbocycles. The molecular formula is C28H20ClF9N12O6. The number of methoxy groups -OCH3 is 2. The van der Waals surface area contributed by atoms with E-state index < -0.39 is 61.6 Å². The van der Waals surface area contributed by atoms with Crippen LogP contribution in [0.3, 0.4) is 0 Å². The first-order valence-corrected chi connectivity index (χ1v) is 14.6. The van der Waals surface area contributed by atoms with Crippen molar-refractivity contribution in [3.63, 3.8) is 0 Å². The lowest BCUT2D eigenvalue weighted by Gasteiger charge is -2.11. The Morgan fingerprint density at radius 1 is 0.589 bits per heavy atom. The van der Waals surface area contributed by atoms with E-state index in [4.69, 9.17) is 26.8 Å². The van der Waals surface area contributed by atoms with Crippen molar-refractivity contribution in [1.29, 1.82) is 0 Å². The van der Waals surface area contributed by atoms with Crippen LogP contribution in [0, 0.1) is 20.2 Å². The van der Waals surface area contributed by atoms with Crippen molar-refractivity contribution in [2.45, 2.75) is 18.5 Å². The SMILES string of the molecule is COc1cnc(Nc2ncc(C(F)(F)F)cc2N)cn1.COc1cnc(Nc2ncc(C(F)(F)F)cc2[N+](=O)[O-])cn1.O=[N+]([O-])c1cc(C(F)(F)F)cnc1Cl. The largest absolute Gasteiger partial charge is 0.480 e. The van der Waals surface area contributed by atoms with Crippen LogP contribution in [0.15, 0.2) is 61.6 Å². The van der Waals surface area contributed by atoms with Crippen LogP contribution in [0.4, 0.5) is 79.8 Å².